The highest BCUT2D eigenvalue weighted by molar-refractivity contribution is 5.67. The van der Waals surface area contributed by atoms with Crippen LogP contribution >= 0.6 is 0 Å². The third-order valence-corrected chi connectivity index (χ3v) is 8.70. The van der Waals surface area contributed by atoms with Gasteiger partial charge in [0, 0.05) is 19.3 Å². The molecule has 7 heteroatoms. The van der Waals surface area contributed by atoms with Crippen molar-refractivity contribution in [2.45, 2.75) is 174 Å². The van der Waals surface area contributed by atoms with Crippen LogP contribution in [0.4, 0.5) is 0 Å². The van der Waals surface area contributed by atoms with Crippen LogP contribution in [-0.4, -0.2) is 63.9 Å². The molecule has 0 aromatic carbocycles. The summed E-state index contributed by atoms with van der Waals surface area (Å²) in [6, 6.07) is 0. The lowest BCUT2D eigenvalue weighted by Gasteiger charge is -2.38. The lowest BCUT2D eigenvalue weighted by molar-refractivity contribution is -0.923. The zero-order valence-electron chi connectivity index (χ0n) is 27.9. The van der Waals surface area contributed by atoms with Crippen molar-refractivity contribution in [3.63, 3.8) is 0 Å². The third kappa shape index (κ3) is 29.9. The molecule has 0 aliphatic carbocycles. The first-order valence-electron chi connectivity index (χ1n) is 18.0. The maximum Gasteiger partial charge on any atom is 0.303 e. The first-order chi connectivity index (χ1) is 20.8. The highest BCUT2D eigenvalue weighted by atomic mass is 16.4. The van der Waals surface area contributed by atoms with Gasteiger partial charge in [-0.15, -0.1) is 0 Å². The highest BCUT2D eigenvalue weighted by Crippen LogP contribution is 2.17. The van der Waals surface area contributed by atoms with Gasteiger partial charge in [0.15, 0.2) is 0 Å². The lowest BCUT2D eigenvalue weighted by atomic mass is 10.0. The molecule has 0 aliphatic rings. The van der Waals surface area contributed by atoms with E-state index in [1.54, 1.807) is 0 Å². The molecule has 0 unspecified atom stereocenters. The monoisotopic (exact) mass is 611 g/mol. The van der Waals surface area contributed by atoms with Crippen LogP contribution in [0.5, 0.6) is 0 Å². The van der Waals surface area contributed by atoms with Crippen LogP contribution < -0.4 is 0 Å². The number of aliphatic carboxylic acids is 3. The van der Waals surface area contributed by atoms with Crippen LogP contribution in [0, 0.1) is 0 Å². The quantitative estimate of drug-likeness (QED) is 0.0380. The van der Waals surface area contributed by atoms with Crippen molar-refractivity contribution in [1.29, 1.82) is 0 Å². The van der Waals surface area contributed by atoms with E-state index in [4.69, 9.17) is 15.3 Å². The minimum atomic E-state index is -0.839. The first-order valence-corrected chi connectivity index (χ1v) is 18.0. The Morgan fingerprint density at radius 3 is 1.05 bits per heavy atom. The maximum absolute atomic E-state index is 11.1. The zero-order chi connectivity index (χ0) is 31.9. The molecule has 0 radical (unpaired) electrons. The standard InChI is InChI=1S/C36H67NO6/c1-2-3-4-5-6-7-8-9-10-11-12-13-14-15-16-17-18-19-20-21-22-23-30-37(31-24-27-34(38)39,32-25-28-35(40)41)33-26-29-36(42)43/h22-23H,2-21,24-33H2,1H3,(H2-,38,39,40,41,42,43)/p+1/b23-22+. The molecule has 0 bridgehead atoms. The molecule has 0 amide bonds. The molecule has 3 N–H and O–H groups in total. The molecular formula is C36H68NO6+. The molecule has 0 saturated heterocycles. The fourth-order valence-corrected chi connectivity index (χ4v) is 6.06. The minimum absolute atomic E-state index is 0.0704. The number of carboxylic acid groups (broad SMARTS) is 3. The SMILES string of the molecule is CCCCCCCCCCCCCCCCCCCCC/C=C/C[N+](CCCC(=O)O)(CCCC(=O)O)CCCC(=O)O. The second-order valence-corrected chi connectivity index (χ2v) is 12.8. The van der Waals surface area contributed by atoms with Crippen molar-refractivity contribution in [3.05, 3.63) is 12.2 Å². The summed E-state index contributed by atoms with van der Waals surface area (Å²) in [6.45, 7) is 4.83. The summed E-state index contributed by atoms with van der Waals surface area (Å²) in [7, 11) is 0. The summed E-state index contributed by atoms with van der Waals surface area (Å²) >= 11 is 0. The molecule has 0 saturated carbocycles. The van der Waals surface area contributed by atoms with E-state index in [2.05, 4.69) is 19.1 Å². The van der Waals surface area contributed by atoms with Crippen molar-refractivity contribution < 1.29 is 34.2 Å². The summed E-state index contributed by atoms with van der Waals surface area (Å²) < 4.78 is 0.559. The molecule has 0 atom stereocenters. The minimum Gasteiger partial charge on any atom is -0.481 e. The molecule has 252 valence electrons. The van der Waals surface area contributed by atoms with Gasteiger partial charge in [-0.05, 0) is 18.9 Å². The van der Waals surface area contributed by atoms with Gasteiger partial charge >= 0.3 is 17.9 Å². The molecule has 7 nitrogen and oxygen atoms in total. The summed E-state index contributed by atoms with van der Waals surface area (Å²) in [5.41, 5.74) is 0. The number of unbranched alkanes of at least 4 members (excludes halogenated alkanes) is 19. The average molecular weight is 611 g/mol. The van der Waals surface area contributed by atoms with Crippen LogP contribution in [0.15, 0.2) is 12.2 Å². The van der Waals surface area contributed by atoms with Crippen molar-refractivity contribution in [1.82, 2.24) is 0 Å². The highest BCUT2D eigenvalue weighted by Gasteiger charge is 2.26. The Hall–Kier alpha value is -1.89. The van der Waals surface area contributed by atoms with Gasteiger partial charge < -0.3 is 19.8 Å². The number of rotatable bonds is 34. The summed E-state index contributed by atoms with van der Waals surface area (Å²) in [5.74, 6) is -2.52. The smallest absolute Gasteiger partial charge is 0.303 e. The van der Waals surface area contributed by atoms with E-state index < -0.39 is 17.9 Å². The molecule has 0 spiro atoms. The van der Waals surface area contributed by atoms with Crippen LogP contribution in [0.2, 0.25) is 0 Å². The Kier molecular flexibility index (Phi) is 28.8. The van der Waals surface area contributed by atoms with Crippen LogP contribution in [-0.2, 0) is 14.4 Å². The van der Waals surface area contributed by atoms with Crippen molar-refractivity contribution in [2.75, 3.05) is 26.2 Å². The molecule has 0 aromatic heterocycles. The average Bonchev–Trinajstić information content (AvgIpc) is 2.95. The summed E-state index contributed by atoms with van der Waals surface area (Å²) in [5, 5.41) is 27.3. The van der Waals surface area contributed by atoms with Gasteiger partial charge in [0.05, 0.1) is 45.4 Å². The topological polar surface area (TPSA) is 112 Å². The predicted molar refractivity (Wildman–Crippen MR) is 177 cm³/mol. The van der Waals surface area contributed by atoms with Gasteiger partial charge in [-0.3, -0.25) is 14.4 Å². The van der Waals surface area contributed by atoms with Gasteiger partial charge in [-0.1, -0.05) is 129 Å². The number of nitrogens with zero attached hydrogens (tertiary/aromatic N) is 1. The first kappa shape index (κ1) is 41.1. The van der Waals surface area contributed by atoms with Crippen LogP contribution in [0.1, 0.15) is 174 Å². The number of quaternary nitrogens is 1. The molecule has 43 heavy (non-hydrogen) atoms. The summed E-state index contributed by atoms with van der Waals surface area (Å²) in [4.78, 5) is 33.2. The van der Waals surface area contributed by atoms with E-state index in [0.717, 1.165) is 12.8 Å². The molecule has 0 rings (SSSR count). The van der Waals surface area contributed by atoms with Gasteiger partial charge in [-0.2, -0.15) is 0 Å². The van der Waals surface area contributed by atoms with Gasteiger partial charge in [0.2, 0.25) is 0 Å². The number of carboxylic acids is 3. The number of hydrogen-bond donors (Lipinski definition) is 3. The normalized spacial score (nSPS) is 11.8. The number of carbonyl (C=O) groups is 3. The van der Waals surface area contributed by atoms with Gasteiger partial charge in [0.25, 0.3) is 0 Å². The van der Waals surface area contributed by atoms with Crippen molar-refractivity contribution >= 4 is 17.9 Å². The van der Waals surface area contributed by atoms with Gasteiger partial charge in [-0.25, -0.2) is 0 Å². The van der Waals surface area contributed by atoms with E-state index in [0.29, 0.717) is 49.9 Å². The Labute approximate surface area is 264 Å². The van der Waals surface area contributed by atoms with Crippen LogP contribution in [0.25, 0.3) is 0 Å². The largest absolute Gasteiger partial charge is 0.481 e. The van der Waals surface area contributed by atoms with E-state index in [1.165, 1.54) is 116 Å². The van der Waals surface area contributed by atoms with E-state index in [1.807, 2.05) is 0 Å². The Morgan fingerprint density at radius 1 is 0.442 bits per heavy atom. The van der Waals surface area contributed by atoms with Gasteiger partial charge in [0.1, 0.15) is 0 Å². The van der Waals surface area contributed by atoms with Crippen LogP contribution in [0.3, 0.4) is 0 Å². The lowest BCUT2D eigenvalue weighted by Crippen LogP contribution is -2.50. The molecule has 0 aromatic rings. The predicted octanol–water partition coefficient (Wildman–Crippen LogP) is 9.78. The van der Waals surface area contributed by atoms with Crippen molar-refractivity contribution in [2.24, 2.45) is 0 Å². The molecule has 0 heterocycles. The number of hydrogen-bond acceptors (Lipinski definition) is 3. The fraction of sp³-hybridized carbons (Fsp3) is 0.861. The molecular weight excluding hydrogens is 542 g/mol. The number of allylic oxidation sites excluding steroid dienone is 1. The second kappa shape index (κ2) is 30.1. The Bertz CT molecular complexity index is 658. The van der Waals surface area contributed by atoms with E-state index in [9.17, 15) is 14.4 Å². The summed E-state index contributed by atoms with van der Waals surface area (Å²) in [6.07, 6.45) is 33.1. The van der Waals surface area contributed by atoms with E-state index in [-0.39, 0.29) is 19.3 Å². The fourth-order valence-electron chi connectivity index (χ4n) is 6.06. The Balaban J connectivity index is 4.05. The molecule has 0 aliphatic heterocycles. The van der Waals surface area contributed by atoms with E-state index >= 15 is 0 Å². The maximum atomic E-state index is 11.1. The van der Waals surface area contributed by atoms with Crippen molar-refractivity contribution in [3.8, 4) is 0 Å². The molecule has 0 fully saturated rings. The Morgan fingerprint density at radius 2 is 0.744 bits per heavy atom. The second-order valence-electron chi connectivity index (χ2n) is 12.8. The third-order valence-electron chi connectivity index (χ3n) is 8.70. The zero-order valence-corrected chi connectivity index (χ0v) is 27.9.